The van der Waals surface area contributed by atoms with Crippen LogP contribution < -0.4 is 0 Å². The van der Waals surface area contributed by atoms with Gasteiger partial charge in [-0.3, -0.25) is 0 Å². The number of carboxylic acid groups (broad SMARTS) is 1. The van der Waals surface area contributed by atoms with Gasteiger partial charge >= 0.3 is 5.97 Å². The van der Waals surface area contributed by atoms with Crippen LogP contribution in [0, 0.1) is 13.8 Å². The van der Waals surface area contributed by atoms with Gasteiger partial charge in [0.25, 0.3) is 0 Å². The van der Waals surface area contributed by atoms with Crippen molar-refractivity contribution >= 4 is 39.1 Å². The van der Waals surface area contributed by atoms with E-state index in [1.165, 1.54) is 17.5 Å². The first-order valence-electron chi connectivity index (χ1n) is 10.7. The van der Waals surface area contributed by atoms with Crippen LogP contribution in [-0.4, -0.2) is 21.7 Å². The fourth-order valence-corrected chi connectivity index (χ4v) is 5.78. The van der Waals surface area contributed by atoms with Gasteiger partial charge in [0, 0.05) is 32.6 Å². The minimum absolute atomic E-state index is 0.588. The highest BCUT2D eigenvalue weighted by atomic mass is 35.5. The van der Waals surface area contributed by atoms with Gasteiger partial charge in [-0.2, -0.15) is 0 Å². The van der Waals surface area contributed by atoms with Crippen LogP contribution in [0.5, 0.6) is 0 Å². The van der Waals surface area contributed by atoms with E-state index in [-0.39, 0.29) is 0 Å². The number of ether oxygens (including phenoxy) is 1. The maximum Gasteiger partial charge on any atom is 0.337 e. The highest BCUT2D eigenvalue weighted by Crippen LogP contribution is 2.45. The Bertz CT molecular complexity index is 1180. The summed E-state index contributed by atoms with van der Waals surface area (Å²) in [5.74, 6) is -1.03. The molecule has 0 amide bonds. The van der Waals surface area contributed by atoms with Crippen LogP contribution in [0.4, 0.5) is 0 Å². The van der Waals surface area contributed by atoms with Crippen LogP contribution in [0.1, 0.15) is 67.0 Å². The van der Waals surface area contributed by atoms with E-state index in [1.54, 1.807) is 11.3 Å². The fraction of sp³-hybridized carbons (Fsp3) is 0.440. The average Bonchev–Trinajstić information content (AvgIpc) is 3.05. The molecule has 3 aromatic rings. The molecule has 1 aliphatic rings. The van der Waals surface area contributed by atoms with Gasteiger partial charge in [-0.15, -0.1) is 11.3 Å². The molecule has 1 aliphatic carbocycles. The van der Waals surface area contributed by atoms with Crippen LogP contribution in [0.3, 0.4) is 0 Å². The Balaban J connectivity index is 2.06. The molecule has 0 aliphatic heterocycles. The first-order valence-corrected chi connectivity index (χ1v) is 11.9. The van der Waals surface area contributed by atoms with E-state index in [4.69, 9.17) is 21.3 Å². The molecule has 4 rings (SSSR count). The highest BCUT2D eigenvalue weighted by Gasteiger charge is 2.33. The Kier molecular flexibility index (Phi) is 5.88. The van der Waals surface area contributed by atoms with Crippen LogP contribution in [-0.2, 0) is 22.4 Å². The number of carbonyl (C=O) groups is 1. The number of benzene rings is 1. The van der Waals surface area contributed by atoms with Gasteiger partial charge in [0.1, 0.15) is 4.83 Å². The molecule has 0 spiro atoms. The van der Waals surface area contributed by atoms with Crippen LogP contribution in [0.15, 0.2) is 18.2 Å². The molecule has 6 heteroatoms. The number of fused-ring (bicyclic) bond motifs is 2. The second-order valence-electron chi connectivity index (χ2n) is 9.28. The summed E-state index contributed by atoms with van der Waals surface area (Å²) in [5, 5.41) is 11.8. The number of rotatable bonds is 4. The minimum Gasteiger partial charge on any atom is -0.479 e. The zero-order chi connectivity index (χ0) is 22.5. The second-order valence-corrected chi connectivity index (χ2v) is 10.9. The van der Waals surface area contributed by atoms with Crippen molar-refractivity contribution in [3.8, 4) is 11.1 Å². The van der Waals surface area contributed by atoms with Gasteiger partial charge in [-0.1, -0.05) is 23.7 Å². The van der Waals surface area contributed by atoms with Gasteiger partial charge < -0.3 is 9.84 Å². The molecule has 31 heavy (non-hydrogen) atoms. The first kappa shape index (κ1) is 22.3. The molecule has 0 saturated carbocycles. The summed E-state index contributed by atoms with van der Waals surface area (Å²) < 4.78 is 6.06. The number of halogens is 1. The number of hydrogen-bond donors (Lipinski definition) is 1. The standard InChI is InChI=1S/C25H28ClNO3S/c1-13-12-18-20(17-11-10-15-8-6-7-9-16(15)21(17)26)19(14(2)27-23(18)31-13)22(24(28)29)30-25(3,4)5/h10-12,22H,6-9H2,1-5H3,(H,28,29)/t22-/m0/s1. The van der Waals surface area contributed by atoms with Crippen molar-refractivity contribution in [3.05, 3.63) is 50.5 Å². The third kappa shape index (κ3) is 4.23. The quantitative estimate of drug-likeness (QED) is 0.455. The van der Waals surface area contributed by atoms with Gasteiger partial charge in [0.15, 0.2) is 6.10 Å². The number of aryl methyl sites for hydroxylation is 3. The molecular weight excluding hydrogens is 430 g/mol. The number of aliphatic carboxylic acids is 1. The summed E-state index contributed by atoms with van der Waals surface area (Å²) >= 11 is 8.61. The number of pyridine rings is 1. The molecule has 1 aromatic carbocycles. The Morgan fingerprint density at radius 1 is 1.23 bits per heavy atom. The third-order valence-electron chi connectivity index (χ3n) is 5.72. The van der Waals surface area contributed by atoms with Crippen LogP contribution in [0.25, 0.3) is 21.3 Å². The van der Waals surface area contributed by atoms with E-state index < -0.39 is 17.7 Å². The topological polar surface area (TPSA) is 59.4 Å². The van der Waals surface area contributed by atoms with Crippen LogP contribution >= 0.6 is 22.9 Å². The zero-order valence-corrected chi connectivity index (χ0v) is 20.2. The summed E-state index contributed by atoms with van der Waals surface area (Å²) in [4.78, 5) is 19.2. The smallest absolute Gasteiger partial charge is 0.337 e. The highest BCUT2D eigenvalue weighted by molar-refractivity contribution is 7.18. The molecule has 164 valence electrons. The van der Waals surface area contributed by atoms with E-state index in [9.17, 15) is 9.90 Å². The Morgan fingerprint density at radius 2 is 1.94 bits per heavy atom. The second kappa shape index (κ2) is 8.19. The maximum absolute atomic E-state index is 12.4. The van der Waals surface area contributed by atoms with E-state index in [0.717, 1.165) is 50.5 Å². The number of hydrogen-bond acceptors (Lipinski definition) is 4. The molecule has 0 fully saturated rings. The normalized spacial score (nSPS) is 15.2. The summed E-state index contributed by atoms with van der Waals surface area (Å²) in [7, 11) is 0. The molecule has 0 unspecified atom stereocenters. The van der Waals surface area contributed by atoms with Crippen LogP contribution in [0.2, 0.25) is 5.02 Å². The van der Waals surface area contributed by atoms with Crippen molar-refractivity contribution in [1.82, 2.24) is 4.98 Å². The molecule has 2 heterocycles. The largest absolute Gasteiger partial charge is 0.479 e. The lowest BCUT2D eigenvalue weighted by atomic mass is 9.86. The average molecular weight is 458 g/mol. The lowest BCUT2D eigenvalue weighted by molar-refractivity contribution is -0.160. The van der Waals surface area contributed by atoms with E-state index in [1.807, 2.05) is 40.7 Å². The Labute approximate surface area is 192 Å². The molecular formula is C25H28ClNO3S. The van der Waals surface area contributed by atoms with Crippen molar-refractivity contribution in [2.75, 3.05) is 0 Å². The number of carboxylic acids is 1. The third-order valence-corrected chi connectivity index (χ3v) is 7.10. The van der Waals surface area contributed by atoms with E-state index >= 15 is 0 Å². The molecule has 2 aromatic heterocycles. The first-order chi connectivity index (χ1) is 14.6. The van der Waals surface area contributed by atoms with Gasteiger partial charge in [0.2, 0.25) is 0 Å². The minimum atomic E-state index is -1.14. The van der Waals surface area contributed by atoms with Crippen molar-refractivity contribution in [2.45, 2.75) is 72.0 Å². The van der Waals surface area contributed by atoms with Crippen molar-refractivity contribution in [1.29, 1.82) is 0 Å². The molecule has 1 atom stereocenters. The predicted octanol–water partition coefficient (Wildman–Crippen LogP) is 7.05. The summed E-state index contributed by atoms with van der Waals surface area (Å²) in [6.07, 6.45) is 3.15. The Hall–Kier alpha value is -1.95. The molecule has 0 radical (unpaired) electrons. The van der Waals surface area contributed by atoms with E-state index in [2.05, 4.69) is 12.1 Å². The predicted molar refractivity (Wildman–Crippen MR) is 127 cm³/mol. The van der Waals surface area contributed by atoms with Crippen molar-refractivity contribution in [3.63, 3.8) is 0 Å². The summed E-state index contributed by atoms with van der Waals surface area (Å²) in [6, 6.07) is 6.28. The summed E-state index contributed by atoms with van der Waals surface area (Å²) in [6.45, 7) is 9.50. The molecule has 0 bridgehead atoms. The van der Waals surface area contributed by atoms with Gasteiger partial charge in [-0.05, 0) is 77.5 Å². The van der Waals surface area contributed by atoms with Crippen molar-refractivity contribution in [2.24, 2.45) is 0 Å². The Morgan fingerprint density at radius 3 is 2.61 bits per heavy atom. The fourth-order valence-electron chi connectivity index (χ4n) is 4.48. The lowest BCUT2D eigenvalue weighted by Crippen LogP contribution is -2.28. The van der Waals surface area contributed by atoms with Gasteiger partial charge in [0.05, 0.1) is 10.6 Å². The number of aromatic nitrogens is 1. The lowest BCUT2D eigenvalue weighted by Gasteiger charge is -2.28. The summed E-state index contributed by atoms with van der Waals surface area (Å²) in [5.41, 5.74) is 4.81. The number of nitrogens with zero attached hydrogens (tertiary/aromatic N) is 1. The SMILES string of the molecule is Cc1cc2c(-c3ccc4c(c3Cl)CCCC4)c([C@H](OC(C)(C)C)C(=O)O)c(C)nc2s1. The van der Waals surface area contributed by atoms with Crippen molar-refractivity contribution < 1.29 is 14.6 Å². The van der Waals surface area contributed by atoms with E-state index in [0.29, 0.717) is 11.3 Å². The maximum atomic E-state index is 12.4. The monoisotopic (exact) mass is 457 g/mol. The molecule has 4 nitrogen and oxygen atoms in total. The molecule has 0 saturated heterocycles. The zero-order valence-electron chi connectivity index (χ0n) is 18.6. The number of thiophene rings is 1. The van der Waals surface area contributed by atoms with Gasteiger partial charge in [-0.25, -0.2) is 9.78 Å². The molecule has 1 N–H and O–H groups in total.